The predicted molar refractivity (Wildman–Crippen MR) is 64.7 cm³/mol. The smallest absolute Gasteiger partial charge is 0.246 e. The number of thioether (sulfide) groups is 1. The molecular formula is C10H21NO4S. The molecule has 6 heteroatoms. The van der Waals surface area contributed by atoms with Crippen LogP contribution in [0, 0.1) is 0 Å². The Kier molecular flexibility index (Phi) is 12.5. The Bertz CT molecular complexity index is 169. The highest BCUT2D eigenvalue weighted by atomic mass is 32.2. The van der Waals surface area contributed by atoms with E-state index in [0.29, 0.717) is 19.8 Å². The number of amides is 1. The van der Waals surface area contributed by atoms with Gasteiger partial charge < -0.3 is 19.9 Å². The summed E-state index contributed by atoms with van der Waals surface area (Å²) in [6.07, 6.45) is 0.804. The Balaban J connectivity index is 3.11. The number of carbonyl (C=O) groups is 1. The molecule has 1 amide bonds. The van der Waals surface area contributed by atoms with Crippen LogP contribution in [-0.4, -0.2) is 62.6 Å². The molecule has 0 unspecified atom stereocenters. The third-order valence-corrected chi connectivity index (χ3v) is 2.75. The number of aliphatic hydroxyl groups excluding tert-OH is 1. The third-order valence-electron chi connectivity index (χ3n) is 1.68. The van der Waals surface area contributed by atoms with Crippen LogP contribution in [0.4, 0.5) is 0 Å². The van der Waals surface area contributed by atoms with Crippen molar-refractivity contribution < 1.29 is 19.4 Å². The number of rotatable bonds is 11. The van der Waals surface area contributed by atoms with Crippen LogP contribution in [0.3, 0.4) is 0 Å². The van der Waals surface area contributed by atoms with Gasteiger partial charge in [-0.1, -0.05) is 0 Å². The molecule has 0 radical (unpaired) electrons. The van der Waals surface area contributed by atoms with Gasteiger partial charge in [0, 0.05) is 26.0 Å². The van der Waals surface area contributed by atoms with E-state index in [4.69, 9.17) is 14.6 Å². The molecule has 16 heavy (non-hydrogen) atoms. The van der Waals surface area contributed by atoms with Gasteiger partial charge in [-0.15, -0.1) is 0 Å². The number of methoxy groups -OCH3 is 1. The molecule has 0 aliphatic carbocycles. The fourth-order valence-corrected chi connectivity index (χ4v) is 1.67. The highest BCUT2D eigenvalue weighted by Gasteiger charge is 1.99. The van der Waals surface area contributed by atoms with Gasteiger partial charge in [0.25, 0.3) is 0 Å². The topological polar surface area (TPSA) is 67.8 Å². The van der Waals surface area contributed by atoms with Gasteiger partial charge in [0.2, 0.25) is 5.91 Å². The van der Waals surface area contributed by atoms with E-state index >= 15 is 0 Å². The van der Waals surface area contributed by atoms with Gasteiger partial charge in [0.05, 0.1) is 13.2 Å². The van der Waals surface area contributed by atoms with Crippen molar-refractivity contribution in [2.24, 2.45) is 0 Å². The molecule has 0 saturated carbocycles. The number of hydrogen-bond donors (Lipinski definition) is 2. The van der Waals surface area contributed by atoms with Crippen molar-refractivity contribution in [1.82, 2.24) is 5.32 Å². The summed E-state index contributed by atoms with van der Waals surface area (Å²) >= 11 is 1.72. The average Bonchev–Trinajstić information content (AvgIpc) is 2.29. The van der Waals surface area contributed by atoms with Crippen LogP contribution >= 0.6 is 11.8 Å². The molecule has 0 bridgehead atoms. The zero-order valence-corrected chi connectivity index (χ0v) is 10.6. The highest BCUT2D eigenvalue weighted by molar-refractivity contribution is 7.99. The van der Waals surface area contributed by atoms with Gasteiger partial charge in [-0.05, 0) is 12.2 Å². The molecule has 0 aromatic heterocycles. The summed E-state index contributed by atoms with van der Waals surface area (Å²) in [6.45, 7) is 1.90. The average molecular weight is 251 g/mol. The zero-order chi connectivity index (χ0) is 12.1. The summed E-state index contributed by atoms with van der Waals surface area (Å²) in [7, 11) is 1.59. The van der Waals surface area contributed by atoms with Gasteiger partial charge in [-0.2, -0.15) is 11.8 Å². The quantitative estimate of drug-likeness (QED) is 0.501. The Hall–Kier alpha value is -0.300. The number of nitrogens with one attached hydrogen (secondary N) is 1. The molecule has 0 aromatic rings. The maximum Gasteiger partial charge on any atom is 0.246 e. The minimum atomic E-state index is -0.0983. The summed E-state index contributed by atoms with van der Waals surface area (Å²) in [6, 6.07) is 0. The number of hydrogen-bond acceptors (Lipinski definition) is 5. The van der Waals surface area contributed by atoms with Crippen LogP contribution in [-0.2, 0) is 14.3 Å². The Morgan fingerprint density at radius 2 is 2.19 bits per heavy atom. The first-order valence-corrected chi connectivity index (χ1v) is 6.48. The largest absolute Gasteiger partial charge is 0.396 e. The molecule has 96 valence electrons. The second-order valence-corrected chi connectivity index (χ2v) is 4.31. The number of aliphatic hydroxyl groups is 1. The van der Waals surface area contributed by atoms with Crippen LogP contribution in [0.5, 0.6) is 0 Å². The predicted octanol–water partition coefficient (Wildman–Crippen LogP) is -0.119. The lowest BCUT2D eigenvalue weighted by atomic mass is 10.5. The fourth-order valence-electron chi connectivity index (χ4n) is 0.889. The van der Waals surface area contributed by atoms with Crippen LogP contribution < -0.4 is 5.32 Å². The molecule has 0 spiro atoms. The molecule has 0 aliphatic rings. The van der Waals surface area contributed by atoms with Crippen LogP contribution in [0.2, 0.25) is 0 Å². The Morgan fingerprint density at radius 1 is 1.38 bits per heavy atom. The molecular weight excluding hydrogens is 230 g/mol. The van der Waals surface area contributed by atoms with E-state index in [1.54, 1.807) is 18.9 Å². The summed E-state index contributed by atoms with van der Waals surface area (Å²) < 4.78 is 9.83. The van der Waals surface area contributed by atoms with Crippen molar-refractivity contribution in [3.05, 3.63) is 0 Å². The van der Waals surface area contributed by atoms with E-state index in [9.17, 15) is 4.79 Å². The molecule has 0 atom stereocenters. The number of carbonyl (C=O) groups excluding carboxylic acids is 1. The summed E-state index contributed by atoms with van der Waals surface area (Å²) in [5.41, 5.74) is 0. The second-order valence-electron chi connectivity index (χ2n) is 3.08. The maximum absolute atomic E-state index is 11.2. The van der Waals surface area contributed by atoms with Crippen molar-refractivity contribution in [2.75, 3.05) is 51.6 Å². The Labute approximate surface area is 101 Å². The van der Waals surface area contributed by atoms with E-state index in [2.05, 4.69) is 5.32 Å². The van der Waals surface area contributed by atoms with Gasteiger partial charge in [0.1, 0.15) is 6.61 Å². The van der Waals surface area contributed by atoms with Crippen molar-refractivity contribution in [1.29, 1.82) is 0 Å². The summed E-state index contributed by atoms with van der Waals surface area (Å²) in [5, 5.41) is 11.3. The third kappa shape index (κ3) is 11.8. The highest BCUT2D eigenvalue weighted by Crippen LogP contribution is 1.99. The molecule has 0 saturated heterocycles. The lowest BCUT2D eigenvalue weighted by molar-refractivity contribution is -0.125. The van der Waals surface area contributed by atoms with Crippen LogP contribution in [0.25, 0.3) is 0 Å². The van der Waals surface area contributed by atoms with E-state index in [0.717, 1.165) is 17.9 Å². The Morgan fingerprint density at radius 3 is 2.88 bits per heavy atom. The fraction of sp³-hybridized carbons (Fsp3) is 0.900. The van der Waals surface area contributed by atoms with E-state index in [1.807, 2.05) is 0 Å². The first-order chi connectivity index (χ1) is 7.81. The van der Waals surface area contributed by atoms with Crippen molar-refractivity contribution >= 4 is 17.7 Å². The minimum Gasteiger partial charge on any atom is -0.396 e. The molecule has 0 aromatic carbocycles. The molecule has 0 aliphatic heterocycles. The molecule has 0 rings (SSSR count). The van der Waals surface area contributed by atoms with Gasteiger partial charge in [0.15, 0.2) is 0 Å². The molecule has 0 heterocycles. The number of ether oxygens (including phenoxy) is 2. The summed E-state index contributed by atoms with van der Waals surface area (Å²) in [5.74, 6) is 1.69. The lowest BCUT2D eigenvalue weighted by Gasteiger charge is -2.05. The van der Waals surface area contributed by atoms with E-state index in [1.165, 1.54) is 0 Å². The second kappa shape index (κ2) is 12.8. The van der Waals surface area contributed by atoms with E-state index < -0.39 is 0 Å². The molecule has 2 N–H and O–H groups in total. The minimum absolute atomic E-state index is 0.0880. The summed E-state index contributed by atoms with van der Waals surface area (Å²) in [4.78, 5) is 11.2. The van der Waals surface area contributed by atoms with Crippen LogP contribution in [0.15, 0.2) is 0 Å². The molecule has 5 nitrogen and oxygen atoms in total. The van der Waals surface area contributed by atoms with E-state index in [-0.39, 0.29) is 19.1 Å². The first kappa shape index (κ1) is 15.7. The normalized spacial score (nSPS) is 10.4. The lowest BCUT2D eigenvalue weighted by Crippen LogP contribution is -2.30. The SMILES string of the molecule is COCCOCC(=O)NCCSCCCO. The standard InChI is InChI=1S/C10H21NO4S/c1-14-5-6-15-9-10(13)11-3-8-16-7-2-4-12/h12H,2-9H2,1H3,(H,11,13). The van der Waals surface area contributed by atoms with Crippen molar-refractivity contribution in [3.8, 4) is 0 Å². The van der Waals surface area contributed by atoms with Crippen LogP contribution in [0.1, 0.15) is 6.42 Å². The maximum atomic E-state index is 11.2. The van der Waals surface area contributed by atoms with Gasteiger partial charge in [-0.25, -0.2) is 0 Å². The van der Waals surface area contributed by atoms with Gasteiger partial charge in [-0.3, -0.25) is 4.79 Å². The monoisotopic (exact) mass is 251 g/mol. The van der Waals surface area contributed by atoms with Gasteiger partial charge >= 0.3 is 0 Å². The zero-order valence-electron chi connectivity index (χ0n) is 9.74. The first-order valence-electron chi connectivity index (χ1n) is 5.33. The molecule has 0 fully saturated rings. The van der Waals surface area contributed by atoms with Crippen molar-refractivity contribution in [2.45, 2.75) is 6.42 Å². The van der Waals surface area contributed by atoms with Crippen molar-refractivity contribution in [3.63, 3.8) is 0 Å².